The Morgan fingerprint density at radius 1 is 0.731 bits per heavy atom. The number of carbonyl (C=O) groups excluding carboxylic acids is 1. The summed E-state index contributed by atoms with van der Waals surface area (Å²) in [6, 6.07) is 0. The Morgan fingerprint density at radius 2 is 1.04 bits per heavy atom. The van der Waals surface area contributed by atoms with Crippen LogP contribution in [0.3, 0.4) is 0 Å². The van der Waals surface area contributed by atoms with E-state index in [-0.39, 0.29) is 46.8 Å². The largest absolute Gasteiger partial charge is 0.526 e. The maximum atomic E-state index is 11.1. The Kier molecular flexibility index (Phi) is 27.0. The van der Waals surface area contributed by atoms with Crippen LogP contribution < -0.4 is 0 Å². The standard InChI is InChI=1S/C18H37O5P.Al.Mg.5H/c1-2-3-4-5-6-7-8-9-10-11-12-13-14-15-16-17-18(19)23-24(20,21)22;;;;;;;/h2-17H2,1H3,(H2,20,21,22);;;;;;;. The lowest BCUT2D eigenvalue weighted by atomic mass is 10.0. The highest BCUT2D eigenvalue weighted by molar-refractivity contribution is 7.46. The zero-order chi connectivity index (χ0) is 18.1. The molecule has 0 saturated heterocycles. The molecular weight excluding hydrogens is 378 g/mol. The molecular formula is C18H42AlMgO5P. The van der Waals surface area contributed by atoms with E-state index in [9.17, 15) is 9.36 Å². The van der Waals surface area contributed by atoms with Gasteiger partial charge in [0.15, 0.2) is 17.4 Å². The summed E-state index contributed by atoms with van der Waals surface area (Å²) in [6.45, 7) is 2.25. The lowest BCUT2D eigenvalue weighted by molar-refractivity contribution is -0.135. The van der Waals surface area contributed by atoms with Crippen LogP contribution in [0.15, 0.2) is 0 Å². The average molecular weight is 421 g/mol. The van der Waals surface area contributed by atoms with Gasteiger partial charge in [-0.1, -0.05) is 96.8 Å². The predicted octanol–water partition coefficient (Wildman–Crippen LogP) is 3.78. The Hall–Kier alpha value is 0.919. The van der Waals surface area contributed by atoms with Crippen LogP contribution >= 0.6 is 7.82 Å². The van der Waals surface area contributed by atoms with E-state index in [1.54, 1.807) is 0 Å². The van der Waals surface area contributed by atoms with Crippen LogP contribution in [0, 0.1) is 0 Å². The molecule has 0 fully saturated rings. The van der Waals surface area contributed by atoms with Crippen molar-refractivity contribution < 1.29 is 23.7 Å². The molecule has 8 heteroatoms. The van der Waals surface area contributed by atoms with Crippen molar-refractivity contribution in [2.45, 2.75) is 110 Å². The summed E-state index contributed by atoms with van der Waals surface area (Å²) >= 11 is 0. The van der Waals surface area contributed by atoms with Crippen molar-refractivity contribution >= 4 is 54.2 Å². The highest BCUT2D eigenvalue weighted by atomic mass is 31.2. The van der Waals surface area contributed by atoms with Crippen LogP contribution in [0.25, 0.3) is 0 Å². The molecule has 0 unspecified atom stereocenters. The number of phosphoric ester groups is 1. The minimum atomic E-state index is -4.66. The van der Waals surface area contributed by atoms with Crippen LogP contribution in [0.2, 0.25) is 0 Å². The van der Waals surface area contributed by atoms with E-state index in [0.717, 1.165) is 12.8 Å². The molecule has 0 rings (SSSR count). The summed E-state index contributed by atoms with van der Waals surface area (Å²) in [4.78, 5) is 28.0. The van der Waals surface area contributed by atoms with Crippen molar-refractivity contribution in [3.05, 3.63) is 0 Å². The Bertz CT molecular complexity index is 352. The summed E-state index contributed by atoms with van der Waals surface area (Å²) in [5.74, 6) is -0.807. The van der Waals surface area contributed by atoms with E-state index < -0.39 is 13.8 Å². The molecule has 2 N–H and O–H groups in total. The quantitative estimate of drug-likeness (QED) is 0.212. The molecule has 0 amide bonds. The van der Waals surface area contributed by atoms with Gasteiger partial charge in [-0.25, -0.2) is 4.57 Å². The van der Waals surface area contributed by atoms with Gasteiger partial charge in [0.1, 0.15) is 0 Å². The fraction of sp³-hybridized carbons (Fsp3) is 0.944. The van der Waals surface area contributed by atoms with Crippen molar-refractivity contribution in [2.24, 2.45) is 0 Å². The van der Waals surface area contributed by atoms with E-state index in [2.05, 4.69) is 11.4 Å². The van der Waals surface area contributed by atoms with E-state index in [0.29, 0.717) is 6.42 Å². The molecule has 0 bridgehead atoms. The molecule has 0 aliphatic heterocycles. The van der Waals surface area contributed by atoms with Crippen LogP contribution in [0.1, 0.15) is 110 Å². The van der Waals surface area contributed by atoms with Gasteiger partial charge in [0, 0.05) is 6.42 Å². The molecule has 26 heavy (non-hydrogen) atoms. The number of hydrogen-bond donors (Lipinski definition) is 2. The van der Waals surface area contributed by atoms with Gasteiger partial charge in [0.25, 0.3) is 0 Å². The molecule has 0 heterocycles. The van der Waals surface area contributed by atoms with Crippen molar-refractivity contribution in [3.63, 3.8) is 0 Å². The summed E-state index contributed by atoms with van der Waals surface area (Å²) in [6.07, 6.45) is 18.7. The van der Waals surface area contributed by atoms with Gasteiger partial charge in [-0.3, -0.25) is 14.6 Å². The number of unbranched alkanes of at least 4 members (excludes halogenated alkanes) is 14. The first-order chi connectivity index (χ1) is 11.5. The fourth-order valence-corrected chi connectivity index (χ4v) is 3.18. The minimum Gasteiger partial charge on any atom is -0.371 e. The second kappa shape index (κ2) is 22.2. The summed E-state index contributed by atoms with van der Waals surface area (Å²) in [5.41, 5.74) is 0. The predicted molar refractivity (Wildman–Crippen MR) is 116 cm³/mol. The molecule has 0 saturated carbocycles. The number of carbonyl (C=O) groups is 1. The van der Waals surface area contributed by atoms with Crippen molar-refractivity contribution in [3.8, 4) is 0 Å². The number of rotatable bonds is 17. The van der Waals surface area contributed by atoms with Crippen LogP contribution in [-0.2, 0) is 13.9 Å². The molecule has 0 atom stereocenters. The van der Waals surface area contributed by atoms with Gasteiger partial charge in [0.2, 0.25) is 0 Å². The van der Waals surface area contributed by atoms with E-state index in [1.807, 2.05) is 0 Å². The molecule has 0 spiro atoms. The van der Waals surface area contributed by atoms with Gasteiger partial charge in [-0.2, -0.15) is 0 Å². The molecule has 154 valence electrons. The fourth-order valence-electron chi connectivity index (χ4n) is 2.82. The van der Waals surface area contributed by atoms with Gasteiger partial charge < -0.3 is 4.52 Å². The normalized spacial score (nSPS) is 10.7. The van der Waals surface area contributed by atoms with Crippen LogP contribution in [0.5, 0.6) is 0 Å². The first kappa shape index (κ1) is 31.6. The van der Waals surface area contributed by atoms with Crippen molar-refractivity contribution in [1.82, 2.24) is 0 Å². The zero-order valence-corrected chi connectivity index (χ0v) is 16.3. The monoisotopic (exact) mass is 420 g/mol. The highest BCUT2D eigenvalue weighted by Gasteiger charge is 2.19. The average Bonchev–Trinajstić information content (AvgIpc) is 2.49. The second-order valence-corrected chi connectivity index (χ2v) is 7.82. The molecule has 0 aliphatic carbocycles. The summed E-state index contributed by atoms with van der Waals surface area (Å²) in [5, 5.41) is 0. The Morgan fingerprint density at radius 3 is 1.35 bits per heavy atom. The maximum Gasteiger partial charge on any atom is 0.526 e. The van der Waals surface area contributed by atoms with Gasteiger partial charge in [-0.05, 0) is 6.42 Å². The summed E-state index contributed by atoms with van der Waals surface area (Å²) in [7, 11) is -4.66. The molecule has 0 radical (unpaired) electrons. The second-order valence-electron chi connectivity index (χ2n) is 6.65. The van der Waals surface area contributed by atoms with Gasteiger partial charge in [-0.15, -0.1) is 0 Å². The smallest absolute Gasteiger partial charge is 0.371 e. The first-order valence-electron chi connectivity index (χ1n) is 9.73. The third-order valence-corrected chi connectivity index (χ3v) is 4.65. The topological polar surface area (TPSA) is 83.8 Å². The van der Waals surface area contributed by atoms with Gasteiger partial charge in [0.05, 0.1) is 0 Å². The lowest BCUT2D eigenvalue weighted by Crippen LogP contribution is -2.01. The van der Waals surface area contributed by atoms with E-state index in [4.69, 9.17) is 9.79 Å². The van der Waals surface area contributed by atoms with E-state index >= 15 is 0 Å². The highest BCUT2D eigenvalue weighted by Crippen LogP contribution is 2.36. The maximum absolute atomic E-state index is 11.1. The SMILES string of the molecule is CCCCCCCCCCCCCCCCCC(=O)OP(=O)(O)O.[AlH3].[MgH2]. The van der Waals surface area contributed by atoms with Crippen molar-refractivity contribution in [2.75, 3.05) is 0 Å². The molecule has 0 aromatic carbocycles. The molecule has 0 aromatic heterocycles. The van der Waals surface area contributed by atoms with Gasteiger partial charge >= 0.3 is 36.8 Å². The third kappa shape index (κ3) is 27.1. The van der Waals surface area contributed by atoms with Crippen molar-refractivity contribution in [1.29, 1.82) is 0 Å². The minimum absolute atomic E-state index is 0. The molecule has 0 aliphatic rings. The molecule has 5 nitrogen and oxygen atoms in total. The lowest BCUT2D eigenvalue weighted by Gasteiger charge is -2.05. The van der Waals surface area contributed by atoms with E-state index in [1.165, 1.54) is 77.0 Å². The number of phosphoric acid groups is 1. The summed E-state index contributed by atoms with van der Waals surface area (Å²) < 4.78 is 14.4. The Balaban J connectivity index is -0.00000264. The number of hydrogen-bond acceptors (Lipinski definition) is 3. The van der Waals surface area contributed by atoms with Crippen LogP contribution in [-0.4, -0.2) is 56.2 Å². The Labute approximate surface area is 186 Å². The third-order valence-electron chi connectivity index (χ3n) is 4.21. The van der Waals surface area contributed by atoms with Crippen LogP contribution in [0.4, 0.5) is 0 Å². The molecule has 0 aromatic rings. The first-order valence-corrected chi connectivity index (χ1v) is 11.3. The zero-order valence-electron chi connectivity index (χ0n) is 15.4.